The van der Waals surface area contributed by atoms with E-state index >= 15 is 0 Å². The van der Waals surface area contributed by atoms with Crippen LogP contribution in [0.25, 0.3) is 22.3 Å². The molecule has 0 aliphatic rings. The average molecular weight is 545 g/mol. The number of aromatic nitrogens is 3. The van der Waals surface area contributed by atoms with Crippen LogP contribution >= 0.6 is 0 Å². The van der Waals surface area contributed by atoms with E-state index in [4.69, 9.17) is 9.84 Å². The van der Waals surface area contributed by atoms with E-state index in [0.717, 1.165) is 23.3 Å². The van der Waals surface area contributed by atoms with Gasteiger partial charge < -0.3 is 19.8 Å². The molecule has 0 fully saturated rings. The number of nitriles is 1. The second-order valence-electron chi connectivity index (χ2n) is 9.59. The number of nitrogens with zero attached hydrogens (tertiary/aromatic N) is 2. The van der Waals surface area contributed by atoms with Gasteiger partial charge >= 0.3 is 5.97 Å². The van der Waals surface area contributed by atoms with Crippen LogP contribution in [0.5, 0.6) is 11.5 Å². The van der Waals surface area contributed by atoms with Crippen molar-refractivity contribution in [1.29, 1.82) is 5.26 Å². The molecule has 0 radical (unpaired) electrons. The van der Waals surface area contributed by atoms with E-state index in [2.05, 4.69) is 21.0 Å². The molecule has 2 aromatic heterocycles. The molecule has 0 amide bonds. The first-order valence-corrected chi connectivity index (χ1v) is 12.4. The van der Waals surface area contributed by atoms with Crippen LogP contribution in [-0.2, 0) is 16.6 Å². The SMILES string of the molecule is CC(CC#N)(c1cccc(CCC(=O)O)c1)c1cnc(-c2cc(Oc3c(F)cc4[nH]ccc4c3F)ccc2F)[nH]1. The summed E-state index contributed by atoms with van der Waals surface area (Å²) < 4.78 is 49.9. The molecule has 0 aliphatic carbocycles. The molecule has 202 valence electrons. The van der Waals surface area contributed by atoms with Crippen molar-refractivity contribution in [1.82, 2.24) is 15.0 Å². The maximum atomic E-state index is 14.9. The molecule has 40 heavy (non-hydrogen) atoms. The fourth-order valence-electron chi connectivity index (χ4n) is 4.64. The number of imidazole rings is 1. The number of aliphatic carboxylic acids is 1. The van der Waals surface area contributed by atoms with Crippen LogP contribution in [0.3, 0.4) is 0 Å². The summed E-state index contributed by atoms with van der Waals surface area (Å²) in [5.74, 6) is -3.86. The maximum Gasteiger partial charge on any atom is 0.303 e. The minimum Gasteiger partial charge on any atom is -0.481 e. The first-order chi connectivity index (χ1) is 19.2. The number of carboxylic acid groups (broad SMARTS) is 1. The Bertz CT molecular complexity index is 1770. The number of carbonyl (C=O) groups is 1. The third-order valence-electron chi connectivity index (χ3n) is 6.91. The van der Waals surface area contributed by atoms with Crippen molar-refractivity contribution in [3.63, 3.8) is 0 Å². The number of ether oxygens (including phenoxy) is 1. The van der Waals surface area contributed by atoms with E-state index in [1.807, 2.05) is 25.1 Å². The highest BCUT2D eigenvalue weighted by Gasteiger charge is 2.32. The summed E-state index contributed by atoms with van der Waals surface area (Å²) >= 11 is 0. The molecular weight excluding hydrogens is 521 g/mol. The summed E-state index contributed by atoms with van der Waals surface area (Å²) in [5.41, 5.74) is 1.50. The van der Waals surface area contributed by atoms with E-state index in [9.17, 15) is 23.2 Å². The molecule has 5 aromatic rings. The highest BCUT2D eigenvalue weighted by Crippen LogP contribution is 2.38. The molecule has 0 aliphatic heterocycles. The molecule has 1 unspecified atom stereocenters. The smallest absolute Gasteiger partial charge is 0.303 e. The maximum absolute atomic E-state index is 14.9. The van der Waals surface area contributed by atoms with Gasteiger partial charge in [-0.05, 0) is 48.7 Å². The van der Waals surface area contributed by atoms with Gasteiger partial charge in [0.2, 0.25) is 0 Å². The highest BCUT2D eigenvalue weighted by atomic mass is 19.1. The quantitative estimate of drug-likeness (QED) is 0.185. The number of hydrogen-bond donors (Lipinski definition) is 3. The molecule has 3 aromatic carbocycles. The lowest BCUT2D eigenvalue weighted by molar-refractivity contribution is -0.136. The van der Waals surface area contributed by atoms with Crippen molar-refractivity contribution in [3.05, 3.63) is 101 Å². The Morgan fingerprint density at radius 1 is 1.12 bits per heavy atom. The van der Waals surface area contributed by atoms with Gasteiger partial charge in [-0.3, -0.25) is 4.79 Å². The molecule has 3 N–H and O–H groups in total. The van der Waals surface area contributed by atoms with Gasteiger partial charge in [0.05, 0.1) is 23.6 Å². The normalized spacial score (nSPS) is 12.7. The summed E-state index contributed by atoms with van der Waals surface area (Å²) in [5, 5.41) is 18.8. The lowest BCUT2D eigenvalue weighted by Gasteiger charge is -2.27. The number of rotatable bonds is 9. The molecule has 0 saturated heterocycles. The van der Waals surface area contributed by atoms with Crippen LogP contribution in [-0.4, -0.2) is 26.0 Å². The number of fused-ring (bicyclic) bond motifs is 1. The number of H-pyrrole nitrogens is 2. The Hall–Kier alpha value is -5.04. The topological polar surface area (TPSA) is 115 Å². The minimum absolute atomic E-state index is 0.00167. The number of carboxylic acids is 1. The zero-order valence-corrected chi connectivity index (χ0v) is 21.3. The Labute approximate surface area is 226 Å². The number of halogens is 3. The molecule has 7 nitrogen and oxygen atoms in total. The molecular formula is C30H23F3N4O3. The zero-order chi connectivity index (χ0) is 28.4. The van der Waals surface area contributed by atoms with Crippen molar-refractivity contribution in [2.75, 3.05) is 0 Å². The van der Waals surface area contributed by atoms with Gasteiger partial charge in [0.15, 0.2) is 17.4 Å². The van der Waals surface area contributed by atoms with Crippen LogP contribution in [0.4, 0.5) is 13.2 Å². The second-order valence-corrected chi connectivity index (χ2v) is 9.59. The first kappa shape index (κ1) is 26.6. The third-order valence-corrected chi connectivity index (χ3v) is 6.91. The van der Waals surface area contributed by atoms with Gasteiger partial charge in [-0.25, -0.2) is 18.2 Å². The largest absolute Gasteiger partial charge is 0.481 e. The van der Waals surface area contributed by atoms with Crippen LogP contribution < -0.4 is 4.74 Å². The van der Waals surface area contributed by atoms with Crippen molar-refractivity contribution >= 4 is 16.9 Å². The molecule has 1 atom stereocenters. The molecule has 0 saturated carbocycles. The Kier molecular flexibility index (Phi) is 7.05. The fraction of sp³-hybridized carbons (Fsp3) is 0.167. The van der Waals surface area contributed by atoms with Gasteiger partial charge in [0.1, 0.15) is 17.4 Å². The average Bonchev–Trinajstić information content (AvgIpc) is 3.62. The van der Waals surface area contributed by atoms with Gasteiger partial charge in [-0.1, -0.05) is 24.3 Å². The molecule has 5 rings (SSSR count). The summed E-state index contributed by atoms with van der Waals surface area (Å²) in [6.07, 6.45) is 3.34. The van der Waals surface area contributed by atoms with Crippen LogP contribution in [0.2, 0.25) is 0 Å². The van der Waals surface area contributed by atoms with E-state index < -0.39 is 34.6 Å². The number of aryl methyl sites for hydroxylation is 1. The monoisotopic (exact) mass is 544 g/mol. The van der Waals surface area contributed by atoms with Gasteiger partial charge in [0, 0.05) is 41.4 Å². The van der Waals surface area contributed by atoms with Crippen LogP contribution in [0.15, 0.2) is 67.0 Å². The number of aromatic amines is 2. The predicted molar refractivity (Wildman–Crippen MR) is 141 cm³/mol. The summed E-state index contributed by atoms with van der Waals surface area (Å²) in [7, 11) is 0. The molecule has 0 bridgehead atoms. The van der Waals surface area contributed by atoms with E-state index in [-0.39, 0.29) is 40.9 Å². The van der Waals surface area contributed by atoms with Crippen molar-refractivity contribution < 1.29 is 27.8 Å². The fourth-order valence-corrected chi connectivity index (χ4v) is 4.64. The zero-order valence-electron chi connectivity index (χ0n) is 21.3. The highest BCUT2D eigenvalue weighted by molar-refractivity contribution is 5.82. The van der Waals surface area contributed by atoms with Gasteiger partial charge in [0.25, 0.3) is 0 Å². The number of hydrogen-bond acceptors (Lipinski definition) is 4. The summed E-state index contributed by atoms with van der Waals surface area (Å²) in [6.45, 7) is 1.84. The molecule has 10 heteroatoms. The van der Waals surface area contributed by atoms with Crippen LogP contribution in [0.1, 0.15) is 36.6 Å². The minimum atomic E-state index is -0.920. The van der Waals surface area contributed by atoms with Gasteiger partial charge in [-0.2, -0.15) is 5.26 Å². The van der Waals surface area contributed by atoms with E-state index in [0.29, 0.717) is 12.1 Å². The van der Waals surface area contributed by atoms with E-state index in [1.54, 1.807) is 6.07 Å². The van der Waals surface area contributed by atoms with Crippen molar-refractivity contribution in [2.24, 2.45) is 0 Å². The Morgan fingerprint density at radius 3 is 2.73 bits per heavy atom. The van der Waals surface area contributed by atoms with Crippen molar-refractivity contribution in [3.8, 4) is 29.0 Å². The Morgan fingerprint density at radius 2 is 1.95 bits per heavy atom. The first-order valence-electron chi connectivity index (χ1n) is 12.4. The standard InChI is InChI=1S/C30H23F3N4O3/c1-30(10-11-34,18-4-2-3-17(13-18)5-8-26(38)39)25-16-36-29(37-25)21-14-19(6-7-22(21)31)40-28-23(32)15-24-20(27(28)33)9-12-35-24/h2-4,6-7,9,12-16,35H,5,8,10H2,1H3,(H,36,37)(H,38,39). The lowest BCUT2D eigenvalue weighted by atomic mass is 9.76. The number of benzene rings is 3. The van der Waals surface area contributed by atoms with Crippen LogP contribution in [0, 0.1) is 28.8 Å². The van der Waals surface area contributed by atoms with E-state index in [1.165, 1.54) is 30.6 Å². The summed E-state index contributed by atoms with van der Waals surface area (Å²) in [6, 6.07) is 15.7. The Balaban J connectivity index is 1.48. The predicted octanol–water partition coefficient (Wildman–Crippen LogP) is 7.00. The van der Waals surface area contributed by atoms with Gasteiger partial charge in [-0.15, -0.1) is 0 Å². The number of nitrogens with one attached hydrogen (secondary N) is 2. The second kappa shape index (κ2) is 10.6. The molecule has 0 spiro atoms. The molecule has 2 heterocycles. The third kappa shape index (κ3) is 5.01. The lowest BCUT2D eigenvalue weighted by Crippen LogP contribution is -2.24. The summed E-state index contributed by atoms with van der Waals surface area (Å²) in [4.78, 5) is 21.2. The van der Waals surface area contributed by atoms with Crippen molar-refractivity contribution in [2.45, 2.75) is 31.6 Å².